The van der Waals surface area contributed by atoms with Crippen molar-refractivity contribution in [3.8, 4) is 11.5 Å². The van der Waals surface area contributed by atoms with Crippen LogP contribution < -0.4 is 20.1 Å². The van der Waals surface area contributed by atoms with Crippen LogP contribution in [0.5, 0.6) is 11.5 Å². The molecule has 1 aromatic carbocycles. The van der Waals surface area contributed by atoms with Gasteiger partial charge in [-0.15, -0.1) is 0 Å². The van der Waals surface area contributed by atoms with Gasteiger partial charge in [0, 0.05) is 11.8 Å². The number of hydrogen-bond acceptors (Lipinski definition) is 4. The summed E-state index contributed by atoms with van der Waals surface area (Å²) >= 11 is 0. The van der Waals surface area contributed by atoms with Crippen LogP contribution in [0.15, 0.2) is 18.2 Å². The number of benzene rings is 1. The largest absolute Gasteiger partial charge is 0.493 e. The van der Waals surface area contributed by atoms with Gasteiger partial charge >= 0.3 is 6.18 Å². The Hall–Kier alpha value is -1.96. The molecule has 0 aliphatic heterocycles. The Kier molecular flexibility index (Phi) is 6.29. The molecule has 2 N–H and O–H groups in total. The lowest BCUT2D eigenvalue weighted by molar-refractivity contribution is -0.126. The fraction of sp³-hybridized carbons (Fsp3) is 0.462. The molecular formula is C13H17F3N2O3. The van der Waals surface area contributed by atoms with Crippen LogP contribution in [-0.4, -0.2) is 38.9 Å². The first kappa shape index (κ1) is 17.1. The van der Waals surface area contributed by atoms with E-state index in [9.17, 15) is 18.0 Å². The van der Waals surface area contributed by atoms with Gasteiger partial charge < -0.3 is 20.1 Å². The molecule has 21 heavy (non-hydrogen) atoms. The number of anilines is 1. The number of nitrogens with one attached hydrogen (secondary N) is 2. The number of halogens is 3. The summed E-state index contributed by atoms with van der Waals surface area (Å²) in [7, 11) is 1.48. The lowest BCUT2D eigenvalue weighted by Gasteiger charge is -2.12. The normalized spacial score (nSPS) is 11.1. The number of hydrogen-bond donors (Lipinski definition) is 2. The number of methoxy groups -OCH3 is 1. The van der Waals surface area contributed by atoms with Crippen molar-refractivity contribution in [2.45, 2.75) is 13.1 Å². The first-order valence-corrected chi connectivity index (χ1v) is 6.24. The van der Waals surface area contributed by atoms with E-state index in [1.54, 1.807) is 25.1 Å². The summed E-state index contributed by atoms with van der Waals surface area (Å²) in [4.78, 5) is 11.5. The minimum Gasteiger partial charge on any atom is -0.493 e. The highest BCUT2D eigenvalue weighted by Crippen LogP contribution is 2.30. The van der Waals surface area contributed by atoms with Crippen LogP contribution in [-0.2, 0) is 4.79 Å². The summed E-state index contributed by atoms with van der Waals surface area (Å²) in [6.45, 7) is 0.565. The van der Waals surface area contributed by atoms with Crippen molar-refractivity contribution < 1.29 is 27.4 Å². The molecule has 0 heterocycles. The van der Waals surface area contributed by atoms with Gasteiger partial charge in [-0.2, -0.15) is 13.2 Å². The van der Waals surface area contributed by atoms with Crippen molar-refractivity contribution in [3.63, 3.8) is 0 Å². The van der Waals surface area contributed by atoms with E-state index < -0.39 is 25.2 Å². The van der Waals surface area contributed by atoms with Crippen molar-refractivity contribution in [2.24, 2.45) is 0 Å². The Labute approximate surface area is 120 Å². The highest BCUT2D eigenvalue weighted by molar-refractivity contribution is 5.92. The first-order valence-electron chi connectivity index (χ1n) is 6.24. The first-order chi connectivity index (χ1) is 9.85. The molecule has 0 aliphatic rings. The molecule has 0 saturated heterocycles. The van der Waals surface area contributed by atoms with Gasteiger partial charge in [0.15, 0.2) is 11.5 Å². The molecule has 0 aromatic heterocycles. The van der Waals surface area contributed by atoms with Gasteiger partial charge in [-0.3, -0.25) is 4.79 Å². The molecule has 1 aromatic rings. The Morgan fingerprint density at radius 3 is 2.57 bits per heavy atom. The number of alkyl halides is 3. The Morgan fingerprint density at radius 2 is 2.00 bits per heavy atom. The van der Waals surface area contributed by atoms with Crippen molar-refractivity contribution in [1.82, 2.24) is 5.32 Å². The third-order valence-electron chi connectivity index (χ3n) is 2.36. The van der Waals surface area contributed by atoms with Gasteiger partial charge in [-0.1, -0.05) is 0 Å². The summed E-state index contributed by atoms with van der Waals surface area (Å²) < 4.78 is 46.2. The molecule has 5 nitrogen and oxygen atoms in total. The molecule has 1 amide bonds. The standard InChI is InChI=1S/C13H17F3N2O3/c1-3-21-11-6-9(4-5-10(11)20-2)18-12(19)7-17-8-13(14,15)16/h4-6,17H,3,7-8H2,1-2H3,(H,18,19). The van der Waals surface area contributed by atoms with Crippen LogP contribution in [0.2, 0.25) is 0 Å². The van der Waals surface area contributed by atoms with Crippen LogP contribution >= 0.6 is 0 Å². The van der Waals surface area contributed by atoms with Crippen molar-refractivity contribution in [3.05, 3.63) is 18.2 Å². The monoisotopic (exact) mass is 306 g/mol. The van der Waals surface area contributed by atoms with E-state index in [1.807, 2.05) is 5.32 Å². The van der Waals surface area contributed by atoms with Gasteiger partial charge in [0.05, 0.1) is 26.8 Å². The molecule has 0 radical (unpaired) electrons. The molecular weight excluding hydrogens is 289 g/mol. The number of amides is 1. The molecule has 0 atom stereocenters. The Balaban J connectivity index is 2.57. The number of ether oxygens (including phenoxy) is 2. The van der Waals surface area contributed by atoms with E-state index >= 15 is 0 Å². The fourth-order valence-electron chi connectivity index (χ4n) is 1.55. The number of carbonyl (C=O) groups is 1. The molecule has 8 heteroatoms. The Bertz CT molecular complexity index is 478. The van der Waals surface area contributed by atoms with E-state index in [4.69, 9.17) is 9.47 Å². The summed E-state index contributed by atoms with van der Waals surface area (Å²) in [6.07, 6.45) is -4.34. The van der Waals surface area contributed by atoms with Crippen molar-refractivity contribution >= 4 is 11.6 Å². The van der Waals surface area contributed by atoms with E-state index in [2.05, 4.69) is 5.32 Å². The predicted molar refractivity (Wildman–Crippen MR) is 71.7 cm³/mol. The summed E-state index contributed by atoms with van der Waals surface area (Å²) in [5.41, 5.74) is 0.415. The highest BCUT2D eigenvalue weighted by Gasteiger charge is 2.26. The lowest BCUT2D eigenvalue weighted by Crippen LogP contribution is -2.35. The summed E-state index contributed by atoms with van der Waals surface area (Å²) in [6, 6.07) is 4.72. The molecule has 0 aliphatic carbocycles. The molecule has 1 rings (SSSR count). The van der Waals surface area contributed by atoms with Crippen molar-refractivity contribution in [2.75, 3.05) is 32.1 Å². The molecule has 0 fully saturated rings. The molecule has 0 unspecified atom stereocenters. The SMILES string of the molecule is CCOc1cc(NC(=O)CNCC(F)(F)F)ccc1OC. The maximum absolute atomic E-state index is 11.9. The van der Waals surface area contributed by atoms with E-state index in [0.29, 0.717) is 23.8 Å². The smallest absolute Gasteiger partial charge is 0.401 e. The lowest BCUT2D eigenvalue weighted by atomic mass is 10.2. The van der Waals surface area contributed by atoms with Crippen LogP contribution in [0.3, 0.4) is 0 Å². The van der Waals surface area contributed by atoms with E-state index in [1.165, 1.54) is 7.11 Å². The topological polar surface area (TPSA) is 59.6 Å². The minimum atomic E-state index is -4.34. The predicted octanol–water partition coefficient (Wildman–Crippen LogP) is 2.18. The van der Waals surface area contributed by atoms with Crippen LogP contribution in [0, 0.1) is 0 Å². The van der Waals surface area contributed by atoms with Crippen LogP contribution in [0.25, 0.3) is 0 Å². The molecule has 0 bridgehead atoms. The summed E-state index contributed by atoms with van der Waals surface area (Å²) in [5, 5.41) is 4.49. The third-order valence-corrected chi connectivity index (χ3v) is 2.36. The van der Waals surface area contributed by atoms with Crippen molar-refractivity contribution in [1.29, 1.82) is 0 Å². The quantitative estimate of drug-likeness (QED) is 0.810. The molecule has 0 saturated carbocycles. The minimum absolute atomic E-state index is 0.415. The third kappa shape index (κ3) is 6.35. The van der Waals surface area contributed by atoms with Gasteiger partial charge in [0.25, 0.3) is 0 Å². The number of rotatable bonds is 7. The Morgan fingerprint density at radius 1 is 1.29 bits per heavy atom. The van der Waals surface area contributed by atoms with Gasteiger partial charge in [0.1, 0.15) is 0 Å². The molecule has 0 spiro atoms. The van der Waals surface area contributed by atoms with Gasteiger partial charge in [-0.05, 0) is 19.1 Å². The van der Waals surface area contributed by atoms with Gasteiger partial charge in [0.2, 0.25) is 5.91 Å². The van der Waals surface area contributed by atoms with E-state index in [-0.39, 0.29) is 0 Å². The maximum Gasteiger partial charge on any atom is 0.401 e. The zero-order chi connectivity index (χ0) is 15.9. The van der Waals surface area contributed by atoms with Gasteiger partial charge in [-0.25, -0.2) is 0 Å². The number of carbonyl (C=O) groups excluding carboxylic acids is 1. The zero-order valence-electron chi connectivity index (χ0n) is 11.7. The van der Waals surface area contributed by atoms with Crippen LogP contribution in [0.4, 0.5) is 18.9 Å². The second-order valence-corrected chi connectivity index (χ2v) is 4.07. The fourth-order valence-corrected chi connectivity index (χ4v) is 1.55. The maximum atomic E-state index is 11.9. The highest BCUT2D eigenvalue weighted by atomic mass is 19.4. The van der Waals surface area contributed by atoms with Crippen LogP contribution in [0.1, 0.15) is 6.92 Å². The summed E-state index contributed by atoms with van der Waals surface area (Å²) in [5.74, 6) is 0.373. The van der Waals surface area contributed by atoms with E-state index in [0.717, 1.165) is 0 Å². The average molecular weight is 306 g/mol. The second kappa shape index (κ2) is 7.72. The average Bonchev–Trinajstić information content (AvgIpc) is 2.38. The molecule has 118 valence electrons. The second-order valence-electron chi connectivity index (χ2n) is 4.07. The zero-order valence-corrected chi connectivity index (χ0v) is 11.7.